The second-order valence-electron chi connectivity index (χ2n) is 5.22. The summed E-state index contributed by atoms with van der Waals surface area (Å²) in [6.45, 7) is 0. The van der Waals surface area contributed by atoms with Crippen LogP contribution in [0.15, 0.2) is 53.4 Å². The van der Waals surface area contributed by atoms with Crippen molar-refractivity contribution in [3.8, 4) is 0 Å². The van der Waals surface area contributed by atoms with Gasteiger partial charge in [0.2, 0.25) is 0 Å². The molecule has 2 aromatic carbocycles. The minimum Gasteiger partial charge on any atom is -0.465 e. The van der Waals surface area contributed by atoms with Gasteiger partial charge >= 0.3 is 5.97 Å². The van der Waals surface area contributed by atoms with E-state index in [1.807, 2.05) is 0 Å². The first-order valence-corrected chi connectivity index (χ1v) is 8.33. The second kappa shape index (κ2) is 7.40. The van der Waals surface area contributed by atoms with Gasteiger partial charge in [-0.1, -0.05) is 36.0 Å². The smallest absolute Gasteiger partial charge is 0.337 e. The highest BCUT2D eigenvalue weighted by Crippen LogP contribution is 2.30. The van der Waals surface area contributed by atoms with Gasteiger partial charge in [-0.3, -0.25) is 4.79 Å². The Hall–Kier alpha value is -2.80. The number of rotatable bonds is 4. The van der Waals surface area contributed by atoms with E-state index in [4.69, 9.17) is 0 Å². The monoisotopic (exact) mass is 358 g/mol. The molecule has 1 heterocycles. The highest BCUT2D eigenvalue weighted by Gasteiger charge is 2.27. The Labute approximate surface area is 148 Å². The molecule has 0 bridgehead atoms. The van der Waals surface area contributed by atoms with Crippen molar-refractivity contribution in [2.75, 3.05) is 12.4 Å². The lowest BCUT2D eigenvalue weighted by Crippen LogP contribution is -2.31. The third-order valence-electron chi connectivity index (χ3n) is 3.52. The molecule has 1 amide bonds. The van der Waals surface area contributed by atoms with E-state index in [0.717, 1.165) is 5.56 Å². The van der Waals surface area contributed by atoms with Crippen molar-refractivity contribution in [2.45, 2.75) is 5.50 Å². The summed E-state index contributed by atoms with van der Waals surface area (Å²) in [5.41, 5.74) is 1.08. The predicted molar refractivity (Wildman–Crippen MR) is 95.3 cm³/mol. The number of thioether (sulfide) groups is 1. The summed E-state index contributed by atoms with van der Waals surface area (Å²) >= 11 is 1.26. The molecule has 0 aliphatic carbocycles. The van der Waals surface area contributed by atoms with Crippen molar-refractivity contribution in [1.29, 1.82) is 0 Å². The minimum atomic E-state index is -0.454. The Morgan fingerprint density at radius 2 is 1.96 bits per heavy atom. The molecule has 1 aliphatic rings. The van der Waals surface area contributed by atoms with Gasteiger partial charge in [0, 0.05) is 0 Å². The van der Waals surface area contributed by atoms with Gasteiger partial charge in [0.15, 0.2) is 5.50 Å². The maximum absolute atomic E-state index is 13.7. The molecule has 1 atom stereocenters. The van der Waals surface area contributed by atoms with Gasteiger partial charge in [0.25, 0.3) is 5.91 Å². The van der Waals surface area contributed by atoms with Crippen molar-refractivity contribution in [2.24, 2.45) is 0 Å². The maximum Gasteiger partial charge on any atom is 0.337 e. The molecule has 128 valence electrons. The molecule has 0 aromatic heterocycles. The molecule has 0 saturated carbocycles. The van der Waals surface area contributed by atoms with Crippen LogP contribution in [0.25, 0.3) is 6.08 Å². The first-order valence-electron chi connectivity index (χ1n) is 7.45. The van der Waals surface area contributed by atoms with Gasteiger partial charge in [0.05, 0.1) is 23.3 Å². The number of anilines is 1. The number of amides is 1. The molecule has 5 nitrogen and oxygen atoms in total. The molecule has 25 heavy (non-hydrogen) atoms. The van der Waals surface area contributed by atoms with Crippen LogP contribution in [0.2, 0.25) is 0 Å². The minimum absolute atomic E-state index is 0.240. The van der Waals surface area contributed by atoms with Crippen molar-refractivity contribution < 1.29 is 18.7 Å². The first kappa shape index (κ1) is 17.0. The van der Waals surface area contributed by atoms with E-state index in [2.05, 4.69) is 15.4 Å². The van der Waals surface area contributed by atoms with E-state index in [9.17, 15) is 14.0 Å². The molecule has 1 unspecified atom stereocenters. The molecular formula is C18H15FN2O3S. The van der Waals surface area contributed by atoms with E-state index < -0.39 is 11.5 Å². The fraction of sp³-hybridized carbons (Fsp3) is 0.111. The van der Waals surface area contributed by atoms with Gasteiger partial charge in [0.1, 0.15) is 5.82 Å². The van der Waals surface area contributed by atoms with E-state index in [-0.39, 0.29) is 11.7 Å². The van der Waals surface area contributed by atoms with E-state index in [0.29, 0.717) is 16.2 Å². The number of ether oxygens (including phenoxy) is 1. The Morgan fingerprint density at radius 3 is 2.64 bits per heavy atom. The van der Waals surface area contributed by atoms with Gasteiger partial charge in [-0.15, -0.1) is 0 Å². The number of benzene rings is 2. The summed E-state index contributed by atoms with van der Waals surface area (Å²) in [5, 5.41) is 5.68. The Balaban J connectivity index is 1.71. The fourth-order valence-corrected chi connectivity index (χ4v) is 3.25. The van der Waals surface area contributed by atoms with Gasteiger partial charge in [-0.25, -0.2) is 9.18 Å². The van der Waals surface area contributed by atoms with Crippen LogP contribution in [-0.2, 0) is 9.53 Å². The van der Waals surface area contributed by atoms with Crippen molar-refractivity contribution >= 4 is 35.4 Å². The lowest BCUT2D eigenvalue weighted by molar-refractivity contribution is -0.116. The van der Waals surface area contributed by atoms with Crippen LogP contribution in [0.5, 0.6) is 0 Å². The average molecular weight is 358 g/mol. The van der Waals surface area contributed by atoms with Crippen molar-refractivity contribution in [3.05, 3.63) is 70.4 Å². The molecule has 1 aliphatic heterocycles. The standard InChI is InChI=1S/C18H15FN2O3S/c1-24-17(23)12-8-6-11(7-9-12)10-15-16(22)21-18(25-15)20-14-5-3-2-4-13(14)19/h2-10,18,20H,1H3,(H,21,22)/b15-10-. The van der Waals surface area contributed by atoms with Crippen molar-refractivity contribution in [1.82, 2.24) is 5.32 Å². The zero-order valence-corrected chi connectivity index (χ0v) is 14.1. The number of methoxy groups -OCH3 is 1. The highest BCUT2D eigenvalue weighted by molar-refractivity contribution is 8.05. The third-order valence-corrected chi connectivity index (χ3v) is 4.55. The van der Waals surface area contributed by atoms with E-state index in [1.165, 1.54) is 24.9 Å². The number of carbonyl (C=O) groups is 2. The number of para-hydroxylation sites is 1. The van der Waals surface area contributed by atoms with Crippen LogP contribution in [0.3, 0.4) is 0 Å². The summed E-state index contributed by atoms with van der Waals surface area (Å²) in [6.07, 6.45) is 1.71. The van der Waals surface area contributed by atoms with Crippen LogP contribution >= 0.6 is 11.8 Å². The molecule has 0 spiro atoms. The topological polar surface area (TPSA) is 67.4 Å². The summed E-state index contributed by atoms with van der Waals surface area (Å²) < 4.78 is 18.3. The molecule has 1 fully saturated rings. The maximum atomic E-state index is 13.7. The first-order chi connectivity index (χ1) is 12.1. The van der Waals surface area contributed by atoms with Gasteiger partial charge < -0.3 is 15.4 Å². The quantitative estimate of drug-likeness (QED) is 0.649. The number of halogens is 1. The largest absolute Gasteiger partial charge is 0.465 e. The van der Waals surface area contributed by atoms with Crippen LogP contribution in [0.4, 0.5) is 10.1 Å². The molecule has 2 N–H and O–H groups in total. The SMILES string of the molecule is COC(=O)c1ccc(/C=C2\SC(Nc3ccccc3F)NC2=O)cc1. The Morgan fingerprint density at radius 1 is 1.24 bits per heavy atom. The molecule has 3 rings (SSSR count). The number of carbonyl (C=O) groups excluding carboxylic acids is 2. The predicted octanol–water partition coefficient (Wildman–Crippen LogP) is 3.21. The third kappa shape index (κ3) is 4.00. The molecule has 0 radical (unpaired) electrons. The van der Waals surface area contributed by atoms with Crippen LogP contribution < -0.4 is 10.6 Å². The van der Waals surface area contributed by atoms with Crippen LogP contribution in [-0.4, -0.2) is 24.5 Å². The van der Waals surface area contributed by atoms with E-state index in [1.54, 1.807) is 48.5 Å². The molecule has 1 saturated heterocycles. The summed E-state index contributed by atoms with van der Waals surface area (Å²) in [4.78, 5) is 24.0. The molecular weight excluding hydrogens is 343 g/mol. The van der Waals surface area contributed by atoms with E-state index >= 15 is 0 Å². The lowest BCUT2D eigenvalue weighted by atomic mass is 10.1. The number of nitrogens with one attached hydrogen (secondary N) is 2. The lowest BCUT2D eigenvalue weighted by Gasteiger charge is -2.12. The Bertz CT molecular complexity index is 836. The van der Waals surface area contributed by atoms with Gasteiger partial charge in [-0.05, 0) is 35.9 Å². The van der Waals surface area contributed by atoms with Gasteiger partial charge in [-0.2, -0.15) is 0 Å². The fourth-order valence-electron chi connectivity index (χ4n) is 2.27. The van der Waals surface area contributed by atoms with Crippen LogP contribution in [0, 0.1) is 5.82 Å². The summed E-state index contributed by atoms with van der Waals surface area (Å²) in [6, 6.07) is 13.0. The number of hydrogen-bond acceptors (Lipinski definition) is 5. The zero-order valence-electron chi connectivity index (χ0n) is 13.3. The number of esters is 1. The highest BCUT2D eigenvalue weighted by atomic mass is 32.2. The molecule has 7 heteroatoms. The Kier molecular flexibility index (Phi) is 5.04. The normalized spacial score (nSPS) is 18.1. The summed E-state index contributed by atoms with van der Waals surface area (Å²) in [5.74, 6) is -1.04. The molecule has 2 aromatic rings. The second-order valence-corrected chi connectivity index (χ2v) is 6.36. The zero-order chi connectivity index (χ0) is 17.8. The van der Waals surface area contributed by atoms with Crippen molar-refractivity contribution in [3.63, 3.8) is 0 Å². The van der Waals surface area contributed by atoms with Crippen LogP contribution in [0.1, 0.15) is 15.9 Å². The summed E-state index contributed by atoms with van der Waals surface area (Å²) in [7, 11) is 1.32. The number of hydrogen-bond donors (Lipinski definition) is 2. The average Bonchev–Trinajstić information content (AvgIpc) is 2.96.